The Morgan fingerprint density at radius 1 is 0.733 bits per heavy atom. The molecule has 2 heterocycles. The van der Waals surface area contributed by atoms with Gasteiger partial charge >= 0.3 is 0 Å². The van der Waals surface area contributed by atoms with Gasteiger partial charge in [0, 0.05) is 13.2 Å². The summed E-state index contributed by atoms with van der Waals surface area (Å²) in [5, 5.41) is 12.6. The van der Waals surface area contributed by atoms with Crippen LogP contribution in [0.4, 0.5) is 0 Å². The molecule has 0 aromatic carbocycles. The van der Waals surface area contributed by atoms with Gasteiger partial charge in [0.1, 0.15) is 0 Å². The maximum absolute atomic E-state index is 12.2. The van der Waals surface area contributed by atoms with Crippen LogP contribution in [-0.2, 0) is 18.9 Å². The lowest BCUT2D eigenvalue weighted by molar-refractivity contribution is -0.848. The molecular formula is C24H47NO5. The molecule has 0 aliphatic carbocycles. The second-order valence-corrected chi connectivity index (χ2v) is 10.3. The van der Waals surface area contributed by atoms with Crippen molar-refractivity contribution in [1.82, 2.24) is 0 Å². The van der Waals surface area contributed by atoms with E-state index in [4.69, 9.17) is 18.9 Å². The summed E-state index contributed by atoms with van der Waals surface area (Å²) in [4.78, 5) is 0. The summed E-state index contributed by atoms with van der Waals surface area (Å²) in [6, 6.07) is 0. The molecule has 2 aliphatic rings. The molecule has 2 rings (SSSR count). The van der Waals surface area contributed by atoms with Crippen LogP contribution in [0.5, 0.6) is 0 Å². The van der Waals surface area contributed by atoms with Gasteiger partial charge in [0.15, 0.2) is 12.6 Å². The van der Waals surface area contributed by atoms with E-state index in [2.05, 4.69) is 27.7 Å². The van der Waals surface area contributed by atoms with E-state index in [0.717, 1.165) is 77.4 Å². The maximum Gasteiger partial charge on any atom is 0.158 e. The summed E-state index contributed by atoms with van der Waals surface area (Å²) in [5.74, 6) is 0. The molecule has 1 N–H and O–H groups in total. The van der Waals surface area contributed by atoms with Gasteiger partial charge in [-0.25, -0.2) is 0 Å². The monoisotopic (exact) mass is 429 g/mol. The van der Waals surface area contributed by atoms with Gasteiger partial charge in [-0.3, -0.25) is 0 Å². The van der Waals surface area contributed by atoms with Gasteiger partial charge in [-0.05, 0) is 105 Å². The van der Waals surface area contributed by atoms with Crippen LogP contribution in [0.3, 0.4) is 0 Å². The summed E-state index contributed by atoms with van der Waals surface area (Å²) in [6.07, 6.45) is 12.4. The Labute approximate surface area is 184 Å². The number of rotatable bonds is 14. The summed E-state index contributed by atoms with van der Waals surface area (Å²) in [5.41, 5.74) is -0.364. The van der Waals surface area contributed by atoms with Gasteiger partial charge in [0.05, 0.1) is 24.3 Å². The Morgan fingerprint density at radius 2 is 1.17 bits per heavy atom. The topological polar surface area (TPSA) is 64.4 Å². The molecule has 0 saturated carbocycles. The highest BCUT2D eigenvalue weighted by molar-refractivity contribution is 4.72. The minimum Gasteiger partial charge on any atom is -0.634 e. The molecule has 6 nitrogen and oxygen atoms in total. The van der Waals surface area contributed by atoms with E-state index in [9.17, 15) is 5.21 Å². The van der Waals surface area contributed by atoms with Crippen LogP contribution in [0.15, 0.2) is 0 Å². The first-order valence-corrected chi connectivity index (χ1v) is 12.4. The van der Waals surface area contributed by atoms with Crippen LogP contribution in [0.25, 0.3) is 0 Å². The van der Waals surface area contributed by atoms with Crippen molar-refractivity contribution >= 4 is 0 Å². The zero-order valence-electron chi connectivity index (χ0n) is 20.0. The van der Waals surface area contributed by atoms with E-state index in [1.165, 1.54) is 12.8 Å². The quantitative estimate of drug-likeness (QED) is 0.328. The molecule has 6 heteroatoms. The number of ether oxygens (including phenoxy) is 4. The third kappa shape index (κ3) is 11.4. The van der Waals surface area contributed by atoms with Gasteiger partial charge in [-0.2, -0.15) is 0 Å². The molecular weight excluding hydrogens is 382 g/mol. The Hall–Kier alpha value is -0.240. The second kappa shape index (κ2) is 13.3. The molecule has 0 amide bonds. The Kier molecular flexibility index (Phi) is 11.6. The summed E-state index contributed by atoms with van der Waals surface area (Å²) < 4.78 is 23.6. The first-order chi connectivity index (χ1) is 14.3. The van der Waals surface area contributed by atoms with E-state index >= 15 is 0 Å². The fourth-order valence-electron chi connectivity index (χ4n) is 4.31. The first kappa shape index (κ1) is 26.0. The van der Waals surface area contributed by atoms with Crippen molar-refractivity contribution < 1.29 is 24.0 Å². The molecule has 2 aliphatic heterocycles. The average Bonchev–Trinajstić information content (AvgIpc) is 2.69. The van der Waals surface area contributed by atoms with Gasteiger partial charge in [0.2, 0.25) is 0 Å². The average molecular weight is 430 g/mol. The lowest BCUT2D eigenvalue weighted by Crippen LogP contribution is -3.07. The van der Waals surface area contributed by atoms with Gasteiger partial charge in [-0.1, -0.05) is 0 Å². The van der Waals surface area contributed by atoms with Crippen molar-refractivity contribution in [3.05, 3.63) is 5.21 Å². The van der Waals surface area contributed by atoms with Crippen molar-refractivity contribution in [2.45, 2.75) is 129 Å². The number of unbranched alkanes of at least 4 members (excludes halogenated alkanes) is 2. The molecule has 0 aromatic heterocycles. The molecule has 2 atom stereocenters. The molecule has 2 saturated heterocycles. The Morgan fingerprint density at radius 3 is 1.53 bits per heavy atom. The smallest absolute Gasteiger partial charge is 0.158 e. The van der Waals surface area contributed by atoms with E-state index in [1.54, 1.807) is 0 Å². The fraction of sp³-hybridized carbons (Fsp3) is 1.00. The highest BCUT2D eigenvalue weighted by Crippen LogP contribution is 2.25. The lowest BCUT2D eigenvalue weighted by atomic mass is 10.00. The number of nitrogens with one attached hydrogen (secondary N) is 1. The summed E-state index contributed by atoms with van der Waals surface area (Å²) in [7, 11) is 0. The number of hydrogen-bond acceptors (Lipinski definition) is 5. The van der Waals surface area contributed by atoms with Crippen molar-refractivity contribution in [2.75, 3.05) is 26.3 Å². The molecule has 0 bridgehead atoms. The second-order valence-electron chi connectivity index (χ2n) is 10.3. The third-order valence-electron chi connectivity index (χ3n) is 6.15. The molecule has 0 spiro atoms. The first-order valence-electron chi connectivity index (χ1n) is 12.4. The number of quaternary nitrogens is 1. The molecule has 0 radical (unpaired) electrons. The van der Waals surface area contributed by atoms with Crippen LogP contribution in [0.2, 0.25) is 0 Å². The fourth-order valence-corrected chi connectivity index (χ4v) is 4.31. The molecule has 178 valence electrons. The molecule has 0 aromatic rings. The SMILES string of the molecule is CC(C)(CCCC[NH+]([O-])CCCCC(C)(C)OC1CCCCO1)OC1CCCCO1. The normalized spacial score (nSPS) is 24.7. The van der Waals surface area contributed by atoms with Crippen LogP contribution in [0.1, 0.15) is 105 Å². The maximum atomic E-state index is 12.2. The highest BCUT2D eigenvalue weighted by atomic mass is 16.7. The highest BCUT2D eigenvalue weighted by Gasteiger charge is 2.26. The van der Waals surface area contributed by atoms with Crippen LogP contribution < -0.4 is 5.06 Å². The van der Waals surface area contributed by atoms with E-state index in [-0.39, 0.29) is 23.8 Å². The van der Waals surface area contributed by atoms with Crippen molar-refractivity contribution in [2.24, 2.45) is 0 Å². The standard InChI is InChI=1S/C24H47NO5/c1-23(2,29-21-13-5-11-19-27-21)15-7-9-17-25(26)18-10-8-16-24(3,4)30-22-14-6-12-20-28-22/h21-22,25H,5-20H2,1-4H3. The lowest BCUT2D eigenvalue weighted by Gasteiger charge is -2.33. The van der Waals surface area contributed by atoms with Crippen LogP contribution >= 0.6 is 0 Å². The van der Waals surface area contributed by atoms with Crippen molar-refractivity contribution in [1.29, 1.82) is 0 Å². The molecule has 2 unspecified atom stereocenters. The van der Waals surface area contributed by atoms with E-state index in [0.29, 0.717) is 18.2 Å². The minimum absolute atomic E-state index is 0.0479. The van der Waals surface area contributed by atoms with Gasteiger partial charge < -0.3 is 29.2 Å². The van der Waals surface area contributed by atoms with Crippen molar-refractivity contribution in [3.8, 4) is 0 Å². The largest absolute Gasteiger partial charge is 0.634 e. The number of hydroxylamine groups is 2. The predicted molar refractivity (Wildman–Crippen MR) is 119 cm³/mol. The summed E-state index contributed by atoms with van der Waals surface area (Å²) in [6.45, 7) is 11.5. The van der Waals surface area contributed by atoms with Gasteiger partial charge in [-0.15, -0.1) is 0 Å². The zero-order chi connectivity index (χ0) is 21.9. The zero-order valence-corrected chi connectivity index (χ0v) is 20.0. The Bertz CT molecular complexity index is 405. The predicted octanol–water partition coefficient (Wildman–Crippen LogP) is 4.35. The third-order valence-corrected chi connectivity index (χ3v) is 6.15. The minimum atomic E-state index is -0.182. The van der Waals surface area contributed by atoms with Gasteiger partial charge in [0.25, 0.3) is 0 Å². The van der Waals surface area contributed by atoms with E-state index in [1.807, 2.05) is 0 Å². The number of hydrogen-bond donors (Lipinski definition) is 1. The van der Waals surface area contributed by atoms with Crippen molar-refractivity contribution in [3.63, 3.8) is 0 Å². The molecule has 30 heavy (non-hydrogen) atoms. The van der Waals surface area contributed by atoms with Crippen LogP contribution in [0, 0.1) is 5.21 Å². The van der Waals surface area contributed by atoms with Crippen LogP contribution in [-0.4, -0.2) is 50.1 Å². The summed E-state index contributed by atoms with van der Waals surface area (Å²) >= 11 is 0. The molecule has 2 fully saturated rings. The van der Waals surface area contributed by atoms with E-state index < -0.39 is 0 Å². The Balaban J connectivity index is 1.48.